The van der Waals surface area contributed by atoms with Crippen LogP contribution in [0.25, 0.3) is 0 Å². The Bertz CT molecular complexity index is 570. The average Bonchev–Trinajstić information content (AvgIpc) is 2.36. The molecule has 0 aliphatic carbocycles. The van der Waals surface area contributed by atoms with Crippen molar-refractivity contribution in [1.29, 1.82) is 0 Å². The van der Waals surface area contributed by atoms with Crippen LogP contribution in [0.5, 0.6) is 11.5 Å². The van der Waals surface area contributed by atoms with Gasteiger partial charge in [-0.25, -0.2) is 4.39 Å². The largest absolute Gasteiger partial charge is 0.457 e. The number of alkyl halides is 1. The summed E-state index contributed by atoms with van der Waals surface area (Å²) >= 11 is 11.7. The zero-order valence-corrected chi connectivity index (χ0v) is 11.2. The summed E-state index contributed by atoms with van der Waals surface area (Å²) in [6, 6.07) is 9.58. The van der Waals surface area contributed by atoms with Crippen LogP contribution in [0.1, 0.15) is 11.1 Å². The highest BCUT2D eigenvalue weighted by Gasteiger charge is 2.08. The van der Waals surface area contributed by atoms with Crippen molar-refractivity contribution in [2.45, 2.75) is 12.8 Å². The fraction of sp³-hybridized carbons (Fsp3) is 0.143. The summed E-state index contributed by atoms with van der Waals surface area (Å²) in [7, 11) is 0. The molecule has 0 heterocycles. The SMILES string of the molecule is Cc1ccc(F)cc1Oc1ccc(Cl)cc1CCl. The summed E-state index contributed by atoms with van der Waals surface area (Å²) in [5.41, 5.74) is 1.62. The molecule has 0 aliphatic rings. The van der Waals surface area contributed by atoms with Gasteiger partial charge in [-0.2, -0.15) is 0 Å². The van der Waals surface area contributed by atoms with Crippen LogP contribution < -0.4 is 4.74 Å². The van der Waals surface area contributed by atoms with E-state index in [1.165, 1.54) is 12.1 Å². The second-order valence-electron chi connectivity index (χ2n) is 3.90. The van der Waals surface area contributed by atoms with Crippen LogP contribution >= 0.6 is 23.2 Å². The number of halogens is 3. The van der Waals surface area contributed by atoms with Crippen LogP contribution in [-0.2, 0) is 5.88 Å². The highest BCUT2D eigenvalue weighted by molar-refractivity contribution is 6.30. The summed E-state index contributed by atoms with van der Waals surface area (Å²) < 4.78 is 18.9. The van der Waals surface area contributed by atoms with Gasteiger partial charge in [-0.15, -0.1) is 11.6 Å². The molecule has 0 radical (unpaired) electrons. The van der Waals surface area contributed by atoms with Gasteiger partial charge in [0, 0.05) is 16.7 Å². The van der Waals surface area contributed by atoms with E-state index in [0.717, 1.165) is 11.1 Å². The van der Waals surface area contributed by atoms with Crippen molar-refractivity contribution in [1.82, 2.24) is 0 Å². The molecule has 0 aliphatic heterocycles. The summed E-state index contributed by atoms with van der Waals surface area (Å²) in [4.78, 5) is 0. The Morgan fingerprint density at radius 2 is 1.89 bits per heavy atom. The molecule has 0 N–H and O–H groups in total. The van der Waals surface area contributed by atoms with E-state index in [2.05, 4.69) is 0 Å². The monoisotopic (exact) mass is 284 g/mol. The number of rotatable bonds is 3. The van der Waals surface area contributed by atoms with Crippen molar-refractivity contribution in [2.75, 3.05) is 0 Å². The molecule has 0 fully saturated rings. The topological polar surface area (TPSA) is 9.23 Å². The Balaban J connectivity index is 2.36. The van der Waals surface area contributed by atoms with Gasteiger partial charge in [0.2, 0.25) is 0 Å². The third kappa shape index (κ3) is 2.95. The number of aryl methyl sites for hydroxylation is 1. The minimum atomic E-state index is -0.336. The van der Waals surface area contributed by atoms with Gasteiger partial charge in [-0.1, -0.05) is 17.7 Å². The number of hydrogen-bond acceptors (Lipinski definition) is 1. The number of hydrogen-bond donors (Lipinski definition) is 0. The predicted octanol–water partition coefficient (Wildman–Crippen LogP) is 5.32. The minimum Gasteiger partial charge on any atom is -0.457 e. The zero-order valence-electron chi connectivity index (χ0n) is 9.71. The maximum atomic E-state index is 13.2. The molecule has 0 spiro atoms. The van der Waals surface area contributed by atoms with E-state index in [0.29, 0.717) is 16.5 Å². The first-order valence-electron chi connectivity index (χ1n) is 5.38. The van der Waals surface area contributed by atoms with Gasteiger partial charge in [0.1, 0.15) is 17.3 Å². The zero-order chi connectivity index (χ0) is 13.1. The second-order valence-corrected chi connectivity index (χ2v) is 4.60. The third-order valence-corrected chi connectivity index (χ3v) is 3.06. The van der Waals surface area contributed by atoms with Gasteiger partial charge in [-0.05, 0) is 36.8 Å². The molecule has 0 atom stereocenters. The Labute approximate surface area is 115 Å². The van der Waals surface area contributed by atoms with E-state index in [9.17, 15) is 4.39 Å². The molecule has 0 amide bonds. The van der Waals surface area contributed by atoms with E-state index >= 15 is 0 Å². The number of ether oxygens (including phenoxy) is 1. The molecular formula is C14H11Cl2FO. The van der Waals surface area contributed by atoms with E-state index < -0.39 is 0 Å². The summed E-state index contributed by atoms with van der Waals surface area (Å²) in [5.74, 6) is 1.01. The van der Waals surface area contributed by atoms with Gasteiger partial charge in [0.05, 0.1) is 5.88 Å². The summed E-state index contributed by atoms with van der Waals surface area (Å²) in [5, 5.41) is 0.592. The van der Waals surface area contributed by atoms with Crippen molar-refractivity contribution in [3.8, 4) is 11.5 Å². The second kappa shape index (κ2) is 5.59. The van der Waals surface area contributed by atoms with Gasteiger partial charge in [0.15, 0.2) is 0 Å². The molecule has 0 bridgehead atoms. The van der Waals surface area contributed by atoms with E-state index in [-0.39, 0.29) is 11.7 Å². The van der Waals surface area contributed by atoms with Crippen molar-refractivity contribution < 1.29 is 9.13 Å². The highest BCUT2D eigenvalue weighted by atomic mass is 35.5. The van der Waals surface area contributed by atoms with Crippen LogP contribution in [0.2, 0.25) is 5.02 Å². The summed E-state index contributed by atoms with van der Waals surface area (Å²) in [6.45, 7) is 1.85. The van der Waals surface area contributed by atoms with Crippen molar-refractivity contribution >= 4 is 23.2 Å². The lowest BCUT2D eigenvalue weighted by Gasteiger charge is -2.12. The minimum absolute atomic E-state index is 0.282. The first-order valence-corrected chi connectivity index (χ1v) is 6.30. The molecule has 0 unspecified atom stereocenters. The maximum absolute atomic E-state index is 13.2. The lowest BCUT2D eigenvalue weighted by molar-refractivity contribution is 0.469. The van der Waals surface area contributed by atoms with E-state index in [1.54, 1.807) is 24.3 Å². The predicted molar refractivity (Wildman–Crippen MR) is 72.2 cm³/mol. The molecule has 94 valence electrons. The first-order chi connectivity index (χ1) is 8.60. The quantitative estimate of drug-likeness (QED) is 0.693. The fourth-order valence-corrected chi connectivity index (χ4v) is 1.96. The smallest absolute Gasteiger partial charge is 0.133 e. The molecule has 1 nitrogen and oxygen atoms in total. The van der Waals surface area contributed by atoms with Crippen LogP contribution in [0.4, 0.5) is 4.39 Å². The molecule has 2 aromatic rings. The van der Waals surface area contributed by atoms with Crippen molar-refractivity contribution in [3.05, 3.63) is 58.4 Å². The van der Waals surface area contributed by atoms with E-state index in [1.807, 2.05) is 6.92 Å². The van der Waals surface area contributed by atoms with Crippen LogP contribution in [-0.4, -0.2) is 0 Å². The summed E-state index contributed by atoms with van der Waals surface area (Å²) in [6.07, 6.45) is 0. The Morgan fingerprint density at radius 1 is 1.11 bits per heavy atom. The Hall–Kier alpha value is -1.25. The standard InChI is InChI=1S/C14H11Cl2FO/c1-9-2-4-12(17)7-14(9)18-13-5-3-11(16)6-10(13)8-15/h2-7H,8H2,1H3. The Kier molecular flexibility index (Phi) is 4.10. The van der Waals surface area contributed by atoms with Gasteiger partial charge in [0.25, 0.3) is 0 Å². The van der Waals surface area contributed by atoms with Gasteiger partial charge >= 0.3 is 0 Å². The molecule has 0 aromatic heterocycles. The molecule has 2 aromatic carbocycles. The van der Waals surface area contributed by atoms with Crippen LogP contribution in [0, 0.1) is 12.7 Å². The third-order valence-electron chi connectivity index (χ3n) is 2.54. The first kappa shape index (κ1) is 13.2. The van der Waals surface area contributed by atoms with Gasteiger partial charge < -0.3 is 4.74 Å². The van der Waals surface area contributed by atoms with Crippen molar-refractivity contribution in [3.63, 3.8) is 0 Å². The molecule has 4 heteroatoms. The van der Waals surface area contributed by atoms with Gasteiger partial charge in [-0.3, -0.25) is 0 Å². The van der Waals surface area contributed by atoms with Crippen LogP contribution in [0.15, 0.2) is 36.4 Å². The fourth-order valence-electron chi connectivity index (χ4n) is 1.55. The maximum Gasteiger partial charge on any atom is 0.133 e. The molecule has 0 saturated heterocycles. The average molecular weight is 285 g/mol. The lowest BCUT2D eigenvalue weighted by Crippen LogP contribution is -1.92. The Morgan fingerprint density at radius 3 is 2.61 bits per heavy atom. The molecular weight excluding hydrogens is 274 g/mol. The van der Waals surface area contributed by atoms with Crippen LogP contribution in [0.3, 0.4) is 0 Å². The molecule has 2 rings (SSSR count). The molecule has 18 heavy (non-hydrogen) atoms. The highest BCUT2D eigenvalue weighted by Crippen LogP contribution is 2.31. The number of benzene rings is 2. The lowest BCUT2D eigenvalue weighted by atomic mass is 10.2. The normalized spacial score (nSPS) is 10.4. The van der Waals surface area contributed by atoms with E-state index in [4.69, 9.17) is 27.9 Å². The van der Waals surface area contributed by atoms with Crippen molar-refractivity contribution in [2.24, 2.45) is 0 Å². The molecule has 0 saturated carbocycles.